The van der Waals surface area contributed by atoms with Crippen LogP contribution < -0.4 is 0 Å². The van der Waals surface area contributed by atoms with Gasteiger partial charge in [0.2, 0.25) is 0 Å². The van der Waals surface area contributed by atoms with E-state index < -0.39 is 0 Å². The second-order valence-electron chi connectivity index (χ2n) is 3.88. The topological polar surface area (TPSA) is 43.1 Å². The highest BCUT2D eigenvalue weighted by Crippen LogP contribution is 2.30. The maximum absolute atomic E-state index is 10.9. The van der Waals surface area contributed by atoms with Crippen molar-refractivity contribution in [3.05, 3.63) is 52.5 Å². The molecule has 4 heteroatoms. The lowest BCUT2D eigenvalue weighted by molar-refractivity contribution is 0.112. The molecule has 0 aliphatic carbocycles. The Labute approximate surface area is 112 Å². The number of aromatic nitrogens is 1. The Kier molecular flexibility index (Phi) is 2.72. The summed E-state index contributed by atoms with van der Waals surface area (Å²) >= 11 is 3.39. The van der Waals surface area contributed by atoms with E-state index in [1.807, 2.05) is 36.4 Å². The molecule has 3 aromatic rings. The van der Waals surface area contributed by atoms with Crippen molar-refractivity contribution in [2.45, 2.75) is 0 Å². The van der Waals surface area contributed by atoms with Gasteiger partial charge in [-0.1, -0.05) is 27.2 Å². The van der Waals surface area contributed by atoms with E-state index >= 15 is 0 Å². The van der Waals surface area contributed by atoms with Crippen LogP contribution in [0.5, 0.6) is 0 Å². The van der Waals surface area contributed by atoms with E-state index in [0.717, 1.165) is 21.7 Å². The first kappa shape index (κ1) is 11.2. The predicted molar refractivity (Wildman–Crippen MR) is 72.5 cm³/mol. The average molecular weight is 302 g/mol. The summed E-state index contributed by atoms with van der Waals surface area (Å²) in [5, 5.41) is 4.82. The van der Waals surface area contributed by atoms with Crippen molar-refractivity contribution in [3.63, 3.8) is 0 Å². The minimum atomic E-state index is 0.541. The molecule has 18 heavy (non-hydrogen) atoms. The van der Waals surface area contributed by atoms with Gasteiger partial charge in [-0.05, 0) is 36.4 Å². The fourth-order valence-electron chi connectivity index (χ4n) is 1.89. The standard InChI is InChI=1S/C14H8BrNO2/c15-11-6-4-9(5-7-11)14-12-3-1-2-10(8-17)13(12)16-18-14/h1-8H. The first-order valence-corrected chi connectivity index (χ1v) is 6.18. The Morgan fingerprint density at radius 1 is 1.11 bits per heavy atom. The van der Waals surface area contributed by atoms with Crippen molar-refractivity contribution in [1.82, 2.24) is 5.16 Å². The first-order chi connectivity index (χ1) is 8.79. The summed E-state index contributed by atoms with van der Waals surface area (Å²) in [6.45, 7) is 0. The Balaban J connectivity index is 2.24. The van der Waals surface area contributed by atoms with Crippen LogP contribution in [0.2, 0.25) is 0 Å². The number of halogens is 1. The number of carbonyl (C=O) groups excluding carboxylic acids is 1. The van der Waals surface area contributed by atoms with E-state index in [0.29, 0.717) is 16.8 Å². The van der Waals surface area contributed by atoms with Gasteiger partial charge in [0.1, 0.15) is 5.52 Å². The van der Waals surface area contributed by atoms with E-state index in [9.17, 15) is 4.79 Å². The fourth-order valence-corrected chi connectivity index (χ4v) is 2.16. The smallest absolute Gasteiger partial charge is 0.174 e. The normalized spacial score (nSPS) is 10.7. The second kappa shape index (κ2) is 4.38. The van der Waals surface area contributed by atoms with Crippen molar-refractivity contribution < 1.29 is 9.32 Å². The number of fused-ring (bicyclic) bond motifs is 1. The summed E-state index contributed by atoms with van der Waals surface area (Å²) in [5.74, 6) is 0.682. The van der Waals surface area contributed by atoms with Gasteiger partial charge in [-0.3, -0.25) is 4.79 Å². The van der Waals surface area contributed by atoms with Gasteiger partial charge in [-0.25, -0.2) is 0 Å². The molecule has 2 aromatic carbocycles. The number of hydrogen-bond donors (Lipinski definition) is 0. The van der Waals surface area contributed by atoms with Crippen molar-refractivity contribution in [2.24, 2.45) is 0 Å². The molecule has 1 aromatic heterocycles. The van der Waals surface area contributed by atoms with E-state index in [1.54, 1.807) is 6.07 Å². The van der Waals surface area contributed by atoms with Gasteiger partial charge in [-0.2, -0.15) is 0 Å². The lowest BCUT2D eigenvalue weighted by atomic mass is 10.1. The van der Waals surface area contributed by atoms with Crippen LogP contribution in [0, 0.1) is 0 Å². The summed E-state index contributed by atoms with van der Waals surface area (Å²) in [5.41, 5.74) is 2.08. The zero-order valence-electron chi connectivity index (χ0n) is 9.26. The molecule has 0 radical (unpaired) electrons. The van der Waals surface area contributed by atoms with Crippen LogP contribution in [0.3, 0.4) is 0 Å². The minimum absolute atomic E-state index is 0.541. The lowest BCUT2D eigenvalue weighted by Crippen LogP contribution is -1.81. The molecule has 0 atom stereocenters. The average Bonchev–Trinajstić information content (AvgIpc) is 2.83. The molecule has 0 saturated heterocycles. The van der Waals surface area contributed by atoms with Gasteiger partial charge in [-0.15, -0.1) is 0 Å². The molecule has 0 unspecified atom stereocenters. The van der Waals surface area contributed by atoms with E-state index in [4.69, 9.17) is 4.52 Å². The van der Waals surface area contributed by atoms with Gasteiger partial charge >= 0.3 is 0 Å². The third-order valence-electron chi connectivity index (χ3n) is 2.77. The van der Waals surface area contributed by atoms with Crippen LogP contribution in [0.15, 0.2) is 51.5 Å². The molecule has 3 nitrogen and oxygen atoms in total. The minimum Gasteiger partial charge on any atom is -0.355 e. The SMILES string of the molecule is O=Cc1cccc2c(-c3ccc(Br)cc3)onc12. The summed E-state index contributed by atoms with van der Waals surface area (Å²) < 4.78 is 6.36. The number of aldehydes is 1. The largest absolute Gasteiger partial charge is 0.355 e. The van der Waals surface area contributed by atoms with Crippen LogP contribution in [-0.2, 0) is 0 Å². The van der Waals surface area contributed by atoms with Gasteiger partial charge in [0.05, 0.1) is 5.39 Å². The van der Waals surface area contributed by atoms with Gasteiger partial charge in [0, 0.05) is 15.6 Å². The van der Waals surface area contributed by atoms with Crippen LogP contribution >= 0.6 is 15.9 Å². The van der Waals surface area contributed by atoms with Crippen LogP contribution in [-0.4, -0.2) is 11.4 Å². The zero-order valence-corrected chi connectivity index (χ0v) is 10.8. The van der Waals surface area contributed by atoms with Crippen LogP contribution in [0.1, 0.15) is 10.4 Å². The number of hydrogen-bond acceptors (Lipinski definition) is 3. The molecule has 0 spiro atoms. The highest BCUT2D eigenvalue weighted by atomic mass is 79.9. The maximum Gasteiger partial charge on any atom is 0.174 e. The van der Waals surface area contributed by atoms with E-state index in [2.05, 4.69) is 21.1 Å². The lowest BCUT2D eigenvalue weighted by Gasteiger charge is -1.97. The summed E-state index contributed by atoms with van der Waals surface area (Å²) in [6, 6.07) is 13.2. The Morgan fingerprint density at radius 2 is 1.89 bits per heavy atom. The predicted octanol–water partition coefficient (Wildman–Crippen LogP) is 4.07. The molecule has 0 saturated carbocycles. The summed E-state index contributed by atoms with van der Waals surface area (Å²) in [4.78, 5) is 10.9. The molecule has 0 amide bonds. The molecule has 0 aliphatic heterocycles. The monoisotopic (exact) mass is 301 g/mol. The number of benzene rings is 2. The molecule has 0 N–H and O–H groups in total. The van der Waals surface area contributed by atoms with Crippen LogP contribution in [0.4, 0.5) is 0 Å². The van der Waals surface area contributed by atoms with Gasteiger partial charge < -0.3 is 4.52 Å². The summed E-state index contributed by atoms with van der Waals surface area (Å²) in [7, 11) is 0. The van der Waals surface area contributed by atoms with Crippen molar-refractivity contribution in [1.29, 1.82) is 0 Å². The Bertz CT molecular complexity index is 716. The van der Waals surface area contributed by atoms with Crippen molar-refractivity contribution >= 4 is 33.1 Å². The van der Waals surface area contributed by atoms with Gasteiger partial charge in [0.15, 0.2) is 12.0 Å². The van der Waals surface area contributed by atoms with Gasteiger partial charge in [0.25, 0.3) is 0 Å². The Morgan fingerprint density at radius 3 is 2.61 bits per heavy atom. The quantitative estimate of drug-likeness (QED) is 0.670. The Hall–Kier alpha value is -1.94. The maximum atomic E-state index is 10.9. The van der Waals surface area contributed by atoms with E-state index in [1.165, 1.54) is 0 Å². The fraction of sp³-hybridized carbons (Fsp3) is 0. The molecular weight excluding hydrogens is 294 g/mol. The molecule has 0 aliphatic rings. The summed E-state index contributed by atoms with van der Waals surface area (Å²) in [6.07, 6.45) is 0.788. The van der Waals surface area contributed by atoms with E-state index in [-0.39, 0.29) is 0 Å². The zero-order chi connectivity index (χ0) is 12.5. The number of carbonyl (C=O) groups is 1. The highest BCUT2D eigenvalue weighted by Gasteiger charge is 2.12. The van der Waals surface area contributed by atoms with Crippen molar-refractivity contribution in [3.8, 4) is 11.3 Å². The number of nitrogens with zero attached hydrogens (tertiary/aromatic N) is 1. The van der Waals surface area contributed by atoms with Crippen LogP contribution in [0.25, 0.3) is 22.2 Å². The number of rotatable bonds is 2. The van der Waals surface area contributed by atoms with Crippen molar-refractivity contribution in [2.75, 3.05) is 0 Å². The second-order valence-corrected chi connectivity index (χ2v) is 4.80. The molecule has 0 bridgehead atoms. The molecular formula is C14H8BrNO2. The molecule has 88 valence electrons. The molecule has 1 heterocycles. The first-order valence-electron chi connectivity index (χ1n) is 5.39. The third-order valence-corrected chi connectivity index (χ3v) is 3.30. The molecule has 0 fully saturated rings. The highest BCUT2D eigenvalue weighted by molar-refractivity contribution is 9.10. The third kappa shape index (κ3) is 1.75. The molecule has 3 rings (SSSR count).